The molecule has 7 heteroatoms. The Balaban J connectivity index is 1.38. The average Bonchev–Trinajstić information content (AvgIpc) is 3.32. The van der Waals surface area contributed by atoms with Gasteiger partial charge in [-0.05, 0) is 30.7 Å². The van der Waals surface area contributed by atoms with E-state index in [0.717, 1.165) is 47.2 Å². The van der Waals surface area contributed by atoms with Gasteiger partial charge in [0, 0.05) is 48.4 Å². The van der Waals surface area contributed by atoms with Crippen LogP contribution >= 0.6 is 0 Å². The second-order valence-corrected chi connectivity index (χ2v) is 7.45. The van der Waals surface area contributed by atoms with Crippen molar-refractivity contribution in [2.24, 2.45) is 0 Å². The molecule has 0 saturated carbocycles. The number of hydrogen-bond acceptors (Lipinski definition) is 6. The van der Waals surface area contributed by atoms with Gasteiger partial charge in [-0.2, -0.15) is 0 Å². The first-order chi connectivity index (χ1) is 15.2. The van der Waals surface area contributed by atoms with Gasteiger partial charge in [-0.1, -0.05) is 25.1 Å². The minimum Gasteiger partial charge on any atom is -0.491 e. The number of ether oxygens (including phenoxy) is 1. The highest BCUT2D eigenvalue weighted by Gasteiger charge is 2.12. The second-order valence-electron chi connectivity index (χ2n) is 7.45. The molecule has 1 aromatic carbocycles. The number of hydrogen-bond donors (Lipinski definition) is 1. The van der Waals surface area contributed by atoms with Gasteiger partial charge in [-0.15, -0.1) is 0 Å². The summed E-state index contributed by atoms with van der Waals surface area (Å²) in [5.41, 5.74) is 3.97. The van der Waals surface area contributed by atoms with Crippen molar-refractivity contribution in [2.75, 3.05) is 18.5 Å². The molecule has 0 radical (unpaired) electrons. The van der Waals surface area contributed by atoms with Crippen LogP contribution in [-0.4, -0.2) is 37.7 Å². The van der Waals surface area contributed by atoms with Crippen LogP contribution in [0, 0.1) is 6.92 Å². The van der Waals surface area contributed by atoms with Crippen molar-refractivity contribution in [1.82, 2.24) is 24.5 Å². The summed E-state index contributed by atoms with van der Waals surface area (Å²) in [6, 6.07) is 14.1. The zero-order valence-electron chi connectivity index (χ0n) is 17.8. The number of nitrogens with one attached hydrogen (secondary N) is 1. The summed E-state index contributed by atoms with van der Waals surface area (Å²) in [7, 11) is 0. The minimum absolute atomic E-state index is 0.240. The number of imidazole rings is 1. The molecule has 0 aliphatic heterocycles. The molecular weight excluding hydrogens is 388 g/mol. The smallest absolute Gasteiger partial charge is 0.129 e. The molecule has 0 spiro atoms. The topological polar surface area (TPSA) is 77.8 Å². The average molecular weight is 415 g/mol. The van der Waals surface area contributed by atoms with E-state index >= 15 is 0 Å². The maximum absolute atomic E-state index is 6.06. The van der Waals surface area contributed by atoms with Crippen LogP contribution in [0.3, 0.4) is 0 Å². The predicted octanol–water partition coefficient (Wildman–Crippen LogP) is 4.34. The van der Waals surface area contributed by atoms with Crippen LogP contribution in [0.1, 0.15) is 24.1 Å². The lowest BCUT2D eigenvalue weighted by atomic mass is 10.00. The van der Waals surface area contributed by atoms with E-state index in [9.17, 15) is 0 Å². The van der Waals surface area contributed by atoms with E-state index in [0.29, 0.717) is 6.61 Å². The molecule has 0 aliphatic carbocycles. The third kappa shape index (κ3) is 5.45. The van der Waals surface area contributed by atoms with Gasteiger partial charge >= 0.3 is 0 Å². The monoisotopic (exact) mass is 414 g/mol. The lowest BCUT2D eigenvalue weighted by molar-refractivity contribution is 0.294. The van der Waals surface area contributed by atoms with E-state index in [4.69, 9.17) is 4.74 Å². The predicted molar refractivity (Wildman–Crippen MR) is 121 cm³/mol. The van der Waals surface area contributed by atoms with Crippen LogP contribution in [0.5, 0.6) is 5.75 Å². The van der Waals surface area contributed by atoms with Crippen molar-refractivity contribution in [3.8, 4) is 17.0 Å². The van der Waals surface area contributed by atoms with Crippen LogP contribution in [0.4, 0.5) is 5.82 Å². The molecule has 1 unspecified atom stereocenters. The first-order valence-corrected chi connectivity index (χ1v) is 10.4. The third-order valence-electron chi connectivity index (χ3n) is 5.08. The Labute approximate surface area is 182 Å². The van der Waals surface area contributed by atoms with Crippen molar-refractivity contribution in [1.29, 1.82) is 0 Å². The normalized spacial score (nSPS) is 11.8. The molecule has 158 valence electrons. The maximum Gasteiger partial charge on any atom is 0.129 e. The van der Waals surface area contributed by atoms with Crippen LogP contribution in [0.2, 0.25) is 0 Å². The van der Waals surface area contributed by atoms with Gasteiger partial charge in [-0.3, -0.25) is 4.98 Å². The third-order valence-corrected chi connectivity index (χ3v) is 5.08. The summed E-state index contributed by atoms with van der Waals surface area (Å²) in [4.78, 5) is 17.2. The van der Waals surface area contributed by atoms with Crippen molar-refractivity contribution < 1.29 is 4.74 Å². The zero-order chi connectivity index (χ0) is 21.5. The van der Waals surface area contributed by atoms with E-state index in [1.54, 1.807) is 18.9 Å². The highest BCUT2D eigenvalue weighted by Crippen LogP contribution is 2.27. The Morgan fingerprint density at radius 1 is 1.10 bits per heavy atom. The summed E-state index contributed by atoms with van der Waals surface area (Å²) >= 11 is 0. The van der Waals surface area contributed by atoms with Crippen molar-refractivity contribution in [3.63, 3.8) is 0 Å². The summed E-state index contributed by atoms with van der Waals surface area (Å²) in [5, 5.41) is 3.43. The van der Waals surface area contributed by atoms with Gasteiger partial charge in [0.15, 0.2) is 0 Å². The molecule has 4 rings (SSSR count). The molecule has 0 bridgehead atoms. The van der Waals surface area contributed by atoms with Gasteiger partial charge in [0.2, 0.25) is 0 Å². The van der Waals surface area contributed by atoms with Gasteiger partial charge in [0.1, 0.15) is 24.5 Å². The van der Waals surface area contributed by atoms with E-state index in [1.807, 2.05) is 60.3 Å². The van der Waals surface area contributed by atoms with Crippen LogP contribution in [-0.2, 0) is 6.54 Å². The molecular formula is C24H26N6O. The Hall–Kier alpha value is -3.74. The molecule has 7 nitrogen and oxygen atoms in total. The molecule has 0 aliphatic rings. The molecule has 0 saturated heterocycles. The van der Waals surface area contributed by atoms with Crippen molar-refractivity contribution in [3.05, 3.63) is 85.0 Å². The Morgan fingerprint density at radius 2 is 2.00 bits per heavy atom. The highest BCUT2D eigenvalue weighted by molar-refractivity contribution is 5.61. The van der Waals surface area contributed by atoms with E-state index < -0.39 is 0 Å². The van der Waals surface area contributed by atoms with Crippen LogP contribution in [0.25, 0.3) is 11.3 Å². The molecule has 1 N–H and O–H groups in total. The fourth-order valence-electron chi connectivity index (χ4n) is 3.30. The number of rotatable bonds is 9. The fourth-order valence-corrected chi connectivity index (χ4v) is 3.30. The molecule has 0 fully saturated rings. The largest absolute Gasteiger partial charge is 0.491 e. The zero-order valence-corrected chi connectivity index (χ0v) is 17.8. The summed E-state index contributed by atoms with van der Waals surface area (Å²) in [6.45, 7) is 6.23. The van der Waals surface area contributed by atoms with E-state index in [-0.39, 0.29) is 5.92 Å². The molecule has 31 heavy (non-hydrogen) atoms. The van der Waals surface area contributed by atoms with E-state index in [2.05, 4.69) is 38.2 Å². The summed E-state index contributed by atoms with van der Waals surface area (Å²) in [5.74, 6) is 1.94. The SMILES string of the molecule is Cc1ccc(-c2cc(NCC(C)c3ccccc3OCCn3ccnc3)ncn2)cn1. The van der Waals surface area contributed by atoms with Gasteiger partial charge in [-0.25, -0.2) is 15.0 Å². The number of benzene rings is 1. The quantitative estimate of drug-likeness (QED) is 0.439. The molecule has 1 atom stereocenters. The lowest BCUT2D eigenvalue weighted by Gasteiger charge is -2.18. The molecule has 3 heterocycles. The fraction of sp³-hybridized carbons (Fsp3) is 0.250. The first-order valence-electron chi connectivity index (χ1n) is 10.4. The second kappa shape index (κ2) is 9.84. The Kier molecular flexibility index (Phi) is 6.52. The standard InChI is InChI=1S/C24H26N6O/c1-18(21-5-3-4-6-23(21)31-12-11-30-10-9-25-17-30)14-27-24-13-22(28-16-29-24)20-8-7-19(2)26-15-20/h3-10,13,15-18H,11-12,14H2,1-2H3,(H,27,28,29). The summed E-state index contributed by atoms with van der Waals surface area (Å²) in [6.07, 6.45) is 8.92. The van der Waals surface area contributed by atoms with Crippen molar-refractivity contribution in [2.45, 2.75) is 26.3 Å². The van der Waals surface area contributed by atoms with Crippen molar-refractivity contribution >= 4 is 5.82 Å². The van der Waals surface area contributed by atoms with Gasteiger partial charge in [0.05, 0.1) is 18.6 Å². The molecule has 0 amide bonds. The molecule has 3 aromatic heterocycles. The van der Waals surface area contributed by atoms with E-state index in [1.165, 1.54) is 0 Å². The number of pyridine rings is 1. The Bertz CT molecular complexity index is 1100. The summed E-state index contributed by atoms with van der Waals surface area (Å²) < 4.78 is 8.07. The van der Waals surface area contributed by atoms with Crippen LogP contribution in [0.15, 0.2) is 73.7 Å². The first kappa shape index (κ1) is 20.5. The lowest BCUT2D eigenvalue weighted by Crippen LogP contribution is -2.13. The van der Waals surface area contributed by atoms with Crippen LogP contribution < -0.4 is 10.1 Å². The minimum atomic E-state index is 0.240. The Morgan fingerprint density at radius 3 is 2.81 bits per heavy atom. The molecule has 4 aromatic rings. The maximum atomic E-state index is 6.06. The highest BCUT2D eigenvalue weighted by atomic mass is 16.5. The number of aromatic nitrogens is 5. The number of anilines is 1. The van der Waals surface area contributed by atoms with Gasteiger partial charge in [0.25, 0.3) is 0 Å². The number of nitrogens with zero attached hydrogens (tertiary/aromatic N) is 5. The number of para-hydroxylation sites is 1. The van der Waals surface area contributed by atoms with Gasteiger partial charge < -0.3 is 14.6 Å². The number of aryl methyl sites for hydroxylation is 1.